The third-order valence-electron chi connectivity index (χ3n) is 7.07. The number of carbonyl (C=O) groups is 3. The van der Waals surface area contributed by atoms with E-state index in [-0.39, 0.29) is 30.2 Å². The standard InChI is InChI=1S/C28H34N2O5/c31-26(29-15-7-1-2-12-27(32)33)17-19-13-14-20(16-19)30-28(34)35-18-25-23-10-5-3-8-21(23)22-9-4-6-11-24(22)25/h3-6,8-11,19-20,25H,1-2,7,12-18H2,(H,29,31)(H,30,34)(H,32,33)/t19-,20+/m1/s1. The second kappa shape index (κ2) is 11.9. The molecule has 0 unspecified atom stereocenters. The van der Waals surface area contributed by atoms with Gasteiger partial charge in [0.05, 0.1) is 0 Å². The highest BCUT2D eigenvalue weighted by Gasteiger charge is 2.31. The molecular weight excluding hydrogens is 444 g/mol. The van der Waals surface area contributed by atoms with Crippen LogP contribution >= 0.6 is 0 Å². The average Bonchev–Trinajstić information content (AvgIpc) is 3.41. The Labute approximate surface area is 206 Å². The molecule has 0 radical (unpaired) electrons. The molecule has 0 heterocycles. The Morgan fingerprint density at radius 1 is 0.914 bits per heavy atom. The van der Waals surface area contributed by atoms with Gasteiger partial charge in [-0.25, -0.2) is 4.79 Å². The van der Waals surface area contributed by atoms with Crippen LogP contribution in [0.3, 0.4) is 0 Å². The minimum Gasteiger partial charge on any atom is -0.481 e. The fourth-order valence-corrected chi connectivity index (χ4v) is 5.34. The van der Waals surface area contributed by atoms with E-state index in [4.69, 9.17) is 9.84 Å². The molecule has 2 aliphatic carbocycles. The van der Waals surface area contributed by atoms with E-state index >= 15 is 0 Å². The first-order chi connectivity index (χ1) is 17.0. The van der Waals surface area contributed by atoms with Crippen molar-refractivity contribution in [1.29, 1.82) is 0 Å². The Hall–Kier alpha value is -3.35. The number of aliphatic carboxylic acids is 1. The third-order valence-corrected chi connectivity index (χ3v) is 7.07. The van der Waals surface area contributed by atoms with Crippen LogP contribution in [0.15, 0.2) is 48.5 Å². The number of ether oxygens (including phenoxy) is 1. The van der Waals surface area contributed by atoms with E-state index < -0.39 is 12.1 Å². The molecule has 0 bridgehead atoms. The number of benzene rings is 2. The molecule has 0 saturated heterocycles. The molecule has 0 spiro atoms. The molecule has 7 heteroatoms. The van der Waals surface area contributed by atoms with Crippen molar-refractivity contribution in [3.8, 4) is 11.1 Å². The van der Waals surface area contributed by atoms with Crippen LogP contribution in [0.2, 0.25) is 0 Å². The van der Waals surface area contributed by atoms with E-state index in [2.05, 4.69) is 34.9 Å². The number of nitrogens with one attached hydrogen (secondary N) is 2. The first-order valence-electron chi connectivity index (χ1n) is 12.6. The molecule has 2 aliphatic rings. The number of carboxylic acid groups (broad SMARTS) is 1. The van der Waals surface area contributed by atoms with Crippen molar-refractivity contribution in [3.05, 3.63) is 59.7 Å². The summed E-state index contributed by atoms with van der Waals surface area (Å²) in [5.74, 6) is -0.468. The zero-order valence-electron chi connectivity index (χ0n) is 20.0. The maximum atomic E-state index is 12.5. The predicted molar refractivity (Wildman–Crippen MR) is 133 cm³/mol. The van der Waals surface area contributed by atoms with Gasteiger partial charge in [0.25, 0.3) is 0 Å². The number of rotatable bonds is 11. The summed E-state index contributed by atoms with van der Waals surface area (Å²) in [6, 6.07) is 16.6. The summed E-state index contributed by atoms with van der Waals surface area (Å²) in [4.78, 5) is 35.2. The highest BCUT2D eigenvalue weighted by atomic mass is 16.5. The maximum absolute atomic E-state index is 12.5. The van der Waals surface area contributed by atoms with Crippen LogP contribution < -0.4 is 10.6 Å². The lowest BCUT2D eigenvalue weighted by Gasteiger charge is -2.17. The molecule has 1 fully saturated rings. The number of fused-ring (bicyclic) bond motifs is 3. The van der Waals surface area contributed by atoms with Gasteiger partial charge in [0.2, 0.25) is 5.91 Å². The van der Waals surface area contributed by atoms with Gasteiger partial charge >= 0.3 is 12.1 Å². The lowest BCUT2D eigenvalue weighted by Crippen LogP contribution is -2.34. The van der Waals surface area contributed by atoms with Gasteiger partial charge in [0.15, 0.2) is 0 Å². The molecule has 2 atom stereocenters. The topological polar surface area (TPSA) is 105 Å². The summed E-state index contributed by atoms with van der Waals surface area (Å²) in [7, 11) is 0. The quantitative estimate of drug-likeness (QED) is 0.401. The SMILES string of the molecule is O=C(O)CCCCCNC(=O)C[C@@H]1CC[C@H](NC(=O)OCC2c3ccccc3-c3ccccc32)C1. The summed E-state index contributed by atoms with van der Waals surface area (Å²) < 4.78 is 5.65. The van der Waals surface area contributed by atoms with Crippen LogP contribution in [0.4, 0.5) is 4.79 Å². The van der Waals surface area contributed by atoms with E-state index in [9.17, 15) is 14.4 Å². The second-order valence-electron chi connectivity index (χ2n) is 9.60. The van der Waals surface area contributed by atoms with Crippen molar-refractivity contribution in [2.45, 2.75) is 63.3 Å². The molecule has 2 aromatic rings. The van der Waals surface area contributed by atoms with E-state index in [0.29, 0.717) is 26.0 Å². The molecule has 186 valence electrons. The monoisotopic (exact) mass is 478 g/mol. The third kappa shape index (κ3) is 6.62. The number of carbonyl (C=O) groups excluding carboxylic acids is 2. The van der Waals surface area contributed by atoms with Crippen molar-refractivity contribution in [3.63, 3.8) is 0 Å². The minimum absolute atomic E-state index is 0.0232. The van der Waals surface area contributed by atoms with Crippen molar-refractivity contribution in [2.24, 2.45) is 5.92 Å². The largest absolute Gasteiger partial charge is 0.481 e. The number of alkyl carbamates (subject to hydrolysis) is 1. The molecule has 35 heavy (non-hydrogen) atoms. The summed E-state index contributed by atoms with van der Waals surface area (Å²) in [5.41, 5.74) is 4.79. The van der Waals surface area contributed by atoms with E-state index in [1.807, 2.05) is 24.3 Å². The zero-order valence-corrected chi connectivity index (χ0v) is 20.0. The van der Waals surface area contributed by atoms with Gasteiger partial charge in [-0.3, -0.25) is 9.59 Å². The minimum atomic E-state index is -0.781. The number of hydrogen-bond acceptors (Lipinski definition) is 4. The zero-order chi connectivity index (χ0) is 24.6. The Kier molecular flexibility index (Phi) is 8.40. The smallest absolute Gasteiger partial charge is 0.407 e. The summed E-state index contributed by atoms with van der Waals surface area (Å²) in [5, 5.41) is 14.6. The van der Waals surface area contributed by atoms with Gasteiger partial charge in [-0.05, 0) is 60.3 Å². The van der Waals surface area contributed by atoms with E-state index in [1.54, 1.807) is 0 Å². The van der Waals surface area contributed by atoms with Gasteiger partial charge in [-0.15, -0.1) is 0 Å². The van der Waals surface area contributed by atoms with Crippen LogP contribution in [-0.2, 0) is 14.3 Å². The summed E-state index contributed by atoms with van der Waals surface area (Å²) in [6.45, 7) is 0.873. The number of unbranched alkanes of at least 4 members (excludes halogenated alkanes) is 2. The average molecular weight is 479 g/mol. The van der Waals surface area contributed by atoms with Crippen molar-refractivity contribution < 1.29 is 24.2 Å². The summed E-state index contributed by atoms with van der Waals surface area (Å²) in [6.07, 6.45) is 4.97. The Bertz CT molecular complexity index is 1010. The van der Waals surface area contributed by atoms with Gasteiger partial charge in [0.1, 0.15) is 6.61 Å². The van der Waals surface area contributed by atoms with Gasteiger partial charge < -0.3 is 20.5 Å². The number of hydrogen-bond donors (Lipinski definition) is 3. The molecule has 2 aromatic carbocycles. The lowest BCUT2D eigenvalue weighted by molar-refractivity contribution is -0.137. The highest BCUT2D eigenvalue weighted by Crippen LogP contribution is 2.44. The molecule has 4 rings (SSSR count). The molecule has 2 amide bonds. The Balaban J connectivity index is 1.16. The van der Waals surface area contributed by atoms with Crippen LogP contribution in [-0.4, -0.2) is 42.3 Å². The molecule has 1 saturated carbocycles. The van der Waals surface area contributed by atoms with Crippen LogP contribution in [0, 0.1) is 5.92 Å². The van der Waals surface area contributed by atoms with E-state index in [0.717, 1.165) is 32.1 Å². The molecular formula is C28H34N2O5. The predicted octanol–water partition coefficient (Wildman–Crippen LogP) is 4.85. The first kappa shape index (κ1) is 24.8. The van der Waals surface area contributed by atoms with Crippen LogP contribution in [0.1, 0.15) is 68.4 Å². The molecule has 0 aliphatic heterocycles. The number of amides is 2. The molecule has 0 aromatic heterocycles. The maximum Gasteiger partial charge on any atom is 0.407 e. The van der Waals surface area contributed by atoms with Crippen LogP contribution in [0.5, 0.6) is 0 Å². The van der Waals surface area contributed by atoms with E-state index in [1.165, 1.54) is 22.3 Å². The lowest BCUT2D eigenvalue weighted by atomic mass is 9.98. The fourth-order valence-electron chi connectivity index (χ4n) is 5.34. The van der Waals surface area contributed by atoms with Crippen molar-refractivity contribution >= 4 is 18.0 Å². The first-order valence-corrected chi connectivity index (χ1v) is 12.6. The Morgan fingerprint density at radius 3 is 2.29 bits per heavy atom. The number of carboxylic acids is 1. The second-order valence-corrected chi connectivity index (χ2v) is 9.60. The van der Waals surface area contributed by atoms with Gasteiger partial charge in [0, 0.05) is 31.3 Å². The van der Waals surface area contributed by atoms with Gasteiger partial charge in [-0.2, -0.15) is 0 Å². The normalized spacial score (nSPS) is 18.5. The van der Waals surface area contributed by atoms with Crippen molar-refractivity contribution in [1.82, 2.24) is 10.6 Å². The van der Waals surface area contributed by atoms with Crippen LogP contribution in [0.25, 0.3) is 11.1 Å². The van der Waals surface area contributed by atoms with Crippen molar-refractivity contribution in [2.75, 3.05) is 13.2 Å². The fraction of sp³-hybridized carbons (Fsp3) is 0.464. The van der Waals surface area contributed by atoms with Gasteiger partial charge in [-0.1, -0.05) is 55.0 Å². The molecule has 3 N–H and O–H groups in total. The Morgan fingerprint density at radius 2 is 1.60 bits per heavy atom. The summed E-state index contributed by atoms with van der Waals surface area (Å²) >= 11 is 0. The molecule has 7 nitrogen and oxygen atoms in total. The highest BCUT2D eigenvalue weighted by molar-refractivity contribution is 5.79.